The summed E-state index contributed by atoms with van der Waals surface area (Å²) >= 11 is 0. The molecule has 13 nitrogen and oxygen atoms in total. The first-order valence-corrected chi connectivity index (χ1v) is 18.5. The van der Waals surface area contributed by atoms with Gasteiger partial charge in [-0.3, -0.25) is 33.7 Å². The highest BCUT2D eigenvalue weighted by Gasteiger charge is 2.27. The van der Waals surface area contributed by atoms with Gasteiger partial charge in [0.1, 0.15) is 11.6 Å². The number of nitrogens with zero attached hydrogens (tertiary/aromatic N) is 2. The van der Waals surface area contributed by atoms with E-state index in [0.29, 0.717) is 69.4 Å². The Labute approximate surface area is 301 Å². The van der Waals surface area contributed by atoms with Crippen molar-refractivity contribution in [1.29, 1.82) is 0 Å². The largest absolute Gasteiger partial charge is 0.359 e. The predicted molar refractivity (Wildman–Crippen MR) is 195 cm³/mol. The van der Waals surface area contributed by atoms with E-state index in [-0.39, 0.29) is 55.5 Å². The summed E-state index contributed by atoms with van der Waals surface area (Å²) in [6.45, 7) is 12.1. The molecule has 0 atom stereocenters. The lowest BCUT2D eigenvalue weighted by Crippen LogP contribution is -2.44. The van der Waals surface area contributed by atoms with E-state index in [1.54, 1.807) is 14.0 Å². The molecule has 0 spiro atoms. The van der Waals surface area contributed by atoms with Crippen LogP contribution in [0.5, 0.6) is 0 Å². The van der Waals surface area contributed by atoms with Gasteiger partial charge in [0.15, 0.2) is 0 Å². The van der Waals surface area contributed by atoms with Crippen LogP contribution in [0.15, 0.2) is 12.3 Å². The molecule has 13 heteroatoms. The molecule has 0 saturated carbocycles. The van der Waals surface area contributed by atoms with Gasteiger partial charge in [-0.2, -0.15) is 0 Å². The first kappa shape index (κ1) is 48.5. The molecule has 4 amide bonds. The SMILES string of the molecule is C=C1CCC(=O)N1OC(=O)CCCCCNC(=O)CN(CC(=O)CC)CC(=O)NC.CCCCCCC(=O)CC.CCCCCCC(=O)NC. The Bertz CT molecular complexity index is 975. The number of hydrogen-bond donors (Lipinski definition) is 3. The number of unbranched alkanes of at least 4 members (excludes halogenated alkanes) is 8. The summed E-state index contributed by atoms with van der Waals surface area (Å²) in [5.74, 6) is -0.751. The first-order chi connectivity index (χ1) is 23.9. The highest BCUT2D eigenvalue weighted by Crippen LogP contribution is 2.21. The average molecular weight is 710 g/mol. The monoisotopic (exact) mass is 709 g/mol. The number of Topliss-reactive ketones (excluding diaryl/α,β-unsaturated/α-hetero) is 2. The number of hydrogen-bond acceptors (Lipinski definition) is 9. The Morgan fingerprint density at radius 2 is 1.20 bits per heavy atom. The summed E-state index contributed by atoms with van der Waals surface area (Å²) in [6.07, 6.45) is 15.0. The molecule has 1 fully saturated rings. The molecule has 1 saturated heterocycles. The minimum Gasteiger partial charge on any atom is -0.359 e. The van der Waals surface area contributed by atoms with Crippen molar-refractivity contribution in [2.45, 2.75) is 143 Å². The second-order valence-corrected chi connectivity index (χ2v) is 12.3. The maximum absolute atomic E-state index is 12.1. The van der Waals surface area contributed by atoms with E-state index in [9.17, 15) is 33.6 Å². The fraction of sp³-hybridized carbons (Fsp3) is 0.757. The molecule has 0 unspecified atom stereocenters. The van der Waals surface area contributed by atoms with Gasteiger partial charge < -0.3 is 20.8 Å². The van der Waals surface area contributed by atoms with Gasteiger partial charge in [0.25, 0.3) is 5.91 Å². The van der Waals surface area contributed by atoms with Crippen molar-refractivity contribution in [1.82, 2.24) is 25.9 Å². The van der Waals surface area contributed by atoms with E-state index >= 15 is 0 Å². The van der Waals surface area contributed by atoms with Gasteiger partial charge in [0, 0.05) is 59.2 Å². The second kappa shape index (κ2) is 32.6. The Morgan fingerprint density at radius 1 is 0.660 bits per heavy atom. The molecule has 0 aliphatic carbocycles. The van der Waals surface area contributed by atoms with Crippen LogP contribution in [-0.4, -0.2) is 91.4 Å². The fourth-order valence-electron chi connectivity index (χ4n) is 4.53. The highest BCUT2D eigenvalue weighted by molar-refractivity contribution is 5.85. The molecule has 1 aliphatic rings. The van der Waals surface area contributed by atoms with Crippen LogP contribution >= 0.6 is 0 Å². The summed E-state index contributed by atoms with van der Waals surface area (Å²) in [7, 11) is 3.18. The van der Waals surface area contributed by atoms with Crippen LogP contribution in [0.3, 0.4) is 0 Å². The van der Waals surface area contributed by atoms with Crippen LogP contribution < -0.4 is 16.0 Å². The van der Waals surface area contributed by atoms with Gasteiger partial charge in [-0.25, -0.2) is 4.79 Å². The van der Waals surface area contributed by atoms with E-state index in [0.717, 1.165) is 24.3 Å². The van der Waals surface area contributed by atoms with E-state index in [2.05, 4.69) is 36.4 Å². The molecule has 0 aromatic carbocycles. The smallest absolute Gasteiger partial charge is 0.333 e. The molecule has 0 aromatic rings. The van der Waals surface area contributed by atoms with Crippen LogP contribution in [0, 0.1) is 0 Å². The van der Waals surface area contributed by atoms with Gasteiger partial charge in [-0.1, -0.05) is 79.2 Å². The van der Waals surface area contributed by atoms with E-state index in [1.807, 2.05) is 6.92 Å². The zero-order chi connectivity index (χ0) is 38.2. The summed E-state index contributed by atoms with van der Waals surface area (Å²) in [6, 6.07) is 0. The molecular formula is C37H67N5O8. The minimum atomic E-state index is -0.485. The number of ketones is 2. The van der Waals surface area contributed by atoms with Crippen molar-refractivity contribution >= 4 is 41.2 Å². The third kappa shape index (κ3) is 28.3. The number of nitrogens with one attached hydrogen (secondary N) is 3. The summed E-state index contributed by atoms with van der Waals surface area (Å²) in [5.41, 5.74) is 0.488. The average Bonchev–Trinajstić information content (AvgIpc) is 3.42. The number of carbonyl (C=O) groups excluding carboxylic acids is 7. The van der Waals surface area contributed by atoms with Crippen LogP contribution in [0.1, 0.15) is 143 Å². The maximum Gasteiger partial charge on any atom is 0.333 e. The van der Waals surface area contributed by atoms with Crippen molar-refractivity contribution in [3.63, 3.8) is 0 Å². The maximum atomic E-state index is 12.1. The van der Waals surface area contributed by atoms with Crippen LogP contribution in [0.2, 0.25) is 0 Å². The standard InChI is InChI=1S/C20H32N4O6.C9H18O.C8H17NO/c1-4-16(25)12-23(13-17(26)21-3)14-18(27)22-11-7-5-6-8-20(29)30-24-15(2)9-10-19(24)28;1-3-5-6-7-8-9(10)4-2;1-3-4-5-6-7-8(10)9-2/h2,4-14H2,1,3H3,(H,21,26)(H,22,27);3-8H2,1-2H3;3-7H2,1-2H3,(H,9,10). The topological polar surface area (TPSA) is 171 Å². The molecule has 1 rings (SSSR count). The van der Waals surface area contributed by atoms with Crippen molar-refractivity contribution in [3.05, 3.63) is 12.3 Å². The van der Waals surface area contributed by atoms with E-state index in [4.69, 9.17) is 4.84 Å². The summed E-state index contributed by atoms with van der Waals surface area (Å²) in [4.78, 5) is 86.5. The molecule has 0 radical (unpaired) electrons. The lowest BCUT2D eigenvalue weighted by Gasteiger charge is -2.20. The quantitative estimate of drug-likeness (QED) is 0.111. The van der Waals surface area contributed by atoms with Crippen molar-refractivity contribution < 1.29 is 38.4 Å². The molecule has 288 valence electrons. The molecule has 50 heavy (non-hydrogen) atoms. The van der Waals surface area contributed by atoms with E-state index < -0.39 is 5.97 Å². The molecule has 3 N–H and O–H groups in total. The van der Waals surface area contributed by atoms with Gasteiger partial charge >= 0.3 is 5.97 Å². The summed E-state index contributed by atoms with van der Waals surface area (Å²) < 4.78 is 0. The second-order valence-electron chi connectivity index (χ2n) is 12.3. The lowest BCUT2D eigenvalue weighted by molar-refractivity contribution is -0.186. The van der Waals surface area contributed by atoms with Crippen molar-refractivity contribution in [3.8, 4) is 0 Å². The van der Waals surface area contributed by atoms with Gasteiger partial charge in [-0.05, 0) is 32.1 Å². The number of allylic oxidation sites excluding steroid dienone is 1. The number of amides is 4. The van der Waals surface area contributed by atoms with Crippen LogP contribution in [-0.2, 0) is 38.4 Å². The molecule has 1 heterocycles. The normalized spacial score (nSPS) is 11.9. The van der Waals surface area contributed by atoms with Crippen LogP contribution in [0.25, 0.3) is 0 Å². The molecule has 0 bridgehead atoms. The Morgan fingerprint density at radius 3 is 1.72 bits per heavy atom. The van der Waals surface area contributed by atoms with Gasteiger partial charge in [0.05, 0.1) is 25.3 Å². The Kier molecular flexibility index (Phi) is 31.6. The molecule has 0 aromatic heterocycles. The third-order valence-corrected chi connectivity index (χ3v) is 7.76. The number of carbonyl (C=O) groups is 7. The fourth-order valence-corrected chi connectivity index (χ4v) is 4.53. The van der Waals surface area contributed by atoms with Crippen LogP contribution in [0.4, 0.5) is 0 Å². The minimum absolute atomic E-state index is 0.0241. The number of hydroxylamine groups is 2. The Balaban J connectivity index is 0. The third-order valence-electron chi connectivity index (χ3n) is 7.76. The lowest BCUT2D eigenvalue weighted by atomic mass is 10.1. The Hall–Kier alpha value is -3.61. The van der Waals surface area contributed by atoms with Gasteiger partial charge in [-0.15, -0.1) is 5.06 Å². The van der Waals surface area contributed by atoms with E-state index in [1.165, 1.54) is 50.5 Å². The number of rotatable bonds is 25. The predicted octanol–water partition coefficient (Wildman–Crippen LogP) is 4.92. The van der Waals surface area contributed by atoms with Crippen molar-refractivity contribution in [2.24, 2.45) is 0 Å². The zero-order valence-corrected chi connectivity index (χ0v) is 31.9. The summed E-state index contributed by atoms with van der Waals surface area (Å²) in [5, 5.41) is 8.80. The van der Waals surface area contributed by atoms with Gasteiger partial charge in [0.2, 0.25) is 17.7 Å². The first-order valence-electron chi connectivity index (χ1n) is 18.5. The molecule has 1 aliphatic heterocycles. The molecular weight excluding hydrogens is 642 g/mol. The zero-order valence-electron chi connectivity index (χ0n) is 31.9. The highest BCUT2D eigenvalue weighted by atomic mass is 16.7. The van der Waals surface area contributed by atoms with Crippen molar-refractivity contribution in [2.75, 3.05) is 40.3 Å². The number of likely N-dealkylation sites (N-methyl/N-ethyl adjacent to an activating group) is 1.